The quantitative estimate of drug-likeness (QED) is 0.0724. The van der Waals surface area contributed by atoms with Gasteiger partial charge in [0.05, 0.1) is 51.5 Å². The summed E-state index contributed by atoms with van der Waals surface area (Å²) in [5.41, 5.74) is 9.03. The van der Waals surface area contributed by atoms with E-state index in [4.69, 9.17) is 57.8 Å². The largest absolute Gasteiger partial charge is 0.668 e. The zero-order valence-electron chi connectivity index (χ0n) is 43.8. The van der Waals surface area contributed by atoms with E-state index in [9.17, 15) is 81.7 Å². The van der Waals surface area contributed by atoms with Crippen molar-refractivity contribution in [3.63, 3.8) is 0 Å². The van der Waals surface area contributed by atoms with Gasteiger partial charge in [0.1, 0.15) is 128 Å². The second-order valence-electron chi connectivity index (χ2n) is 16.2. The number of ether oxygens (including phenoxy) is 11. The number of hydrogen-bond donors (Lipinski definition) is 16. The van der Waals surface area contributed by atoms with Crippen LogP contribution in [-0.4, -0.2) is 287 Å². The van der Waals surface area contributed by atoms with Crippen molar-refractivity contribution in [2.45, 2.75) is 179 Å². The van der Waals surface area contributed by atoms with Crippen molar-refractivity contribution in [3.05, 3.63) is 18.1 Å². The second kappa shape index (κ2) is 68.6. The van der Waals surface area contributed by atoms with Crippen LogP contribution in [0.25, 0.3) is 5.73 Å². The van der Waals surface area contributed by atoms with Crippen LogP contribution in [0.3, 0.4) is 0 Å². The summed E-state index contributed by atoms with van der Waals surface area (Å²) >= 11 is 0. The first-order chi connectivity index (χ1) is 30.4. The molecule has 45 heteroatoms. The molecule has 17 unspecified atom stereocenters. The third-order valence-electron chi connectivity index (χ3n) is 12.0. The molecule has 17 radical (unpaired) electrons. The Morgan fingerprint density at radius 1 is 0.321 bits per heavy atom. The van der Waals surface area contributed by atoms with Crippen molar-refractivity contribution in [2.24, 2.45) is 0 Å². The van der Waals surface area contributed by atoms with Gasteiger partial charge < -0.3 is 140 Å². The molecule has 6 aliphatic rings. The fraction of sp³-hybridized carbons (Fsp3) is 0.944. The minimum atomic E-state index is -2.13. The Bertz CT molecular complexity index is 1530. The van der Waals surface area contributed by atoms with Crippen molar-refractivity contribution < 1.29 is 883 Å². The summed E-state index contributed by atoms with van der Waals surface area (Å²) in [5.74, 6) is 0. The number of aliphatic hydroxyl groups is 16. The molecule has 5 fully saturated rings. The van der Waals surface area contributed by atoms with Gasteiger partial charge in [-0.05, 0) is 13.0 Å². The van der Waals surface area contributed by atoms with Gasteiger partial charge in [-0.2, -0.15) is 0 Å². The molecule has 0 aromatic carbocycles. The molecule has 0 spiro atoms. The average Bonchev–Trinajstić information content (AvgIpc) is 3.28. The maximum absolute atomic E-state index is 11.5. The van der Waals surface area contributed by atoms with E-state index in [1.807, 2.05) is 0 Å². The van der Waals surface area contributed by atoms with Gasteiger partial charge in [-0.15, -0.1) is 0 Å². The molecule has 28 atom stereocenters. The molecule has 28 nitrogen and oxygen atoms in total. The normalized spacial score (nSPS) is 41.6. The Morgan fingerprint density at radius 2 is 0.667 bits per heavy atom. The molecule has 0 aliphatic carbocycles. The minimum Gasteiger partial charge on any atom is -0.668 e. The Balaban J connectivity index is -0.000000280. The molecular formula is C36H60Ac17NO27-. The monoisotopic (exact) mass is 4800 g/mol. The third kappa shape index (κ3) is 37.7. The zero-order chi connectivity index (χ0) is 46.9. The Labute approximate surface area is 1080 Å². The summed E-state index contributed by atoms with van der Waals surface area (Å²) in [6, 6.07) is -1.95. The molecule has 0 amide bonds. The predicted octanol–water partition coefficient (Wildman–Crippen LogP) is -10.2. The first-order valence-corrected chi connectivity index (χ1v) is 20.5. The van der Waals surface area contributed by atoms with E-state index in [2.05, 4.69) is 0 Å². The van der Waals surface area contributed by atoms with E-state index >= 15 is 0 Å². The molecule has 6 aliphatic heterocycles. The Kier molecular flexibility index (Phi) is 110. The van der Waals surface area contributed by atoms with Crippen LogP contribution in [0.1, 0.15) is 6.92 Å². The van der Waals surface area contributed by atoms with Crippen LogP contribution in [0.4, 0.5) is 0 Å². The maximum atomic E-state index is 11.5. The van der Waals surface area contributed by atoms with E-state index in [0.29, 0.717) is 0 Å². The molecule has 0 saturated carbocycles. The molecular weight excluding hydrogens is 4740 g/mol. The van der Waals surface area contributed by atoms with Crippen molar-refractivity contribution in [1.82, 2.24) is 0 Å². The van der Waals surface area contributed by atoms with Gasteiger partial charge in [-0.1, -0.05) is 6.04 Å². The first-order valence-electron chi connectivity index (χ1n) is 20.5. The van der Waals surface area contributed by atoms with Gasteiger partial charge in [0.25, 0.3) is 0 Å². The summed E-state index contributed by atoms with van der Waals surface area (Å²) < 4.78 is 62.0. The smallest absolute Gasteiger partial charge is 0.187 e. The zero-order valence-corrected chi connectivity index (χ0v) is 124. The van der Waals surface area contributed by atoms with Gasteiger partial charge >= 0.3 is 0 Å². The topological polar surface area (TPSA) is 449 Å². The van der Waals surface area contributed by atoms with Gasteiger partial charge in [-0.25, -0.2) is 0 Å². The SMILES string of the molecule is CC1O[C@@H](OC2C(O)[C@@H](O)C(CO)O[C@H]2OC2C([NH-])[C@H](OC3C(O)[C@@H](O[C@H]4C(CO)O[C@@H](O[C@H]5C(O)C=COC5CO)C(O)C4O)OC(CO)[C@@H]3O)OC(CO)[C@@H]2O)C(O)C(O)[C@H]1O.[Ac].[Ac].[Ac].[Ac].[Ac].[Ac].[Ac].[Ac].[Ac].[Ac].[Ac].[Ac].[Ac].[Ac].[Ac].[Ac].[Ac]. The van der Waals surface area contributed by atoms with Gasteiger partial charge in [0.15, 0.2) is 25.2 Å². The third-order valence-corrected chi connectivity index (χ3v) is 12.0. The van der Waals surface area contributed by atoms with Crippen LogP contribution >= 0.6 is 0 Å². The summed E-state index contributed by atoms with van der Waals surface area (Å²) in [4.78, 5) is 0. The van der Waals surface area contributed by atoms with E-state index in [1.54, 1.807) is 0 Å². The number of nitrogens with one attached hydrogen (secondary N) is 1. The van der Waals surface area contributed by atoms with Gasteiger partial charge in [-0.3, -0.25) is 0 Å². The van der Waals surface area contributed by atoms with E-state index < -0.39 is 205 Å². The summed E-state index contributed by atoms with van der Waals surface area (Å²) in [5, 5.41) is 169. The molecule has 6 heterocycles. The summed E-state index contributed by atoms with van der Waals surface area (Å²) in [6.07, 6.45) is -45.0. The number of aliphatic hydroxyl groups excluding tert-OH is 16. The van der Waals surface area contributed by atoms with Crippen LogP contribution in [0.5, 0.6) is 0 Å². The molecule has 0 bridgehead atoms. The van der Waals surface area contributed by atoms with E-state index in [-0.39, 0.29) is 749 Å². The molecule has 81 heavy (non-hydrogen) atoms. The van der Waals surface area contributed by atoms with Crippen LogP contribution in [0.15, 0.2) is 12.3 Å². The molecule has 0 aromatic heterocycles. The molecule has 6 rings (SSSR count). The number of rotatable bonds is 15. The molecule has 0 aromatic rings. The van der Waals surface area contributed by atoms with E-state index in [0.717, 1.165) is 6.26 Å². The number of hydrogen-bond acceptors (Lipinski definition) is 27. The van der Waals surface area contributed by atoms with Crippen molar-refractivity contribution in [2.75, 3.05) is 33.0 Å². The molecule has 423 valence electrons. The average molecular weight is 4800 g/mol. The predicted molar refractivity (Wildman–Crippen MR) is 197 cm³/mol. The van der Waals surface area contributed by atoms with Crippen molar-refractivity contribution in [1.29, 1.82) is 0 Å². The van der Waals surface area contributed by atoms with Gasteiger partial charge in [0.2, 0.25) is 0 Å². The van der Waals surface area contributed by atoms with Crippen LogP contribution in [0.2, 0.25) is 0 Å². The summed E-state index contributed by atoms with van der Waals surface area (Å²) in [7, 11) is 0. The van der Waals surface area contributed by atoms with Crippen LogP contribution in [0, 0.1) is 749 Å². The first kappa shape index (κ1) is 130. The second-order valence-corrected chi connectivity index (χ2v) is 16.2. The molecule has 17 N–H and O–H groups in total. The van der Waals surface area contributed by atoms with Crippen molar-refractivity contribution >= 4 is 0 Å². The fourth-order valence-electron chi connectivity index (χ4n) is 8.17. The Hall–Kier alpha value is 23.0. The summed E-state index contributed by atoms with van der Waals surface area (Å²) in [6.45, 7) is -3.04. The van der Waals surface area contributed by atoms with Crippen LogP contribution in [-0.2, 0) is 52.1 Å². The fourth-order valence-corrected chi connectivity index (χ4v) is 8.17. The van der Waals surface area contributed by atoms with Gasteiger partial charge in [0, 0.05) is 749 Å². The molecule has 5 saturated heterocycles. The van der Waals surface area contributed by atoms with E-state index in [1.165, 1.54) is 13.0 Å². The maximum Gasteiger partial charge on any atom is 0.187 e. The standard InChI is InChI=1S/C36H60NO27.17Ac/c1-9-17(44)21(48)24(51)33(55-9)64-31-22(49)18(45)11(4-38)58-36(31)62-29-16(37)32(56-12(5-39)19(29)46)63-30-20(47)13(6-40)57-35(26(30)53)61-28-15(8-42)59-34(25(52)23(28)50)60-27-10(43)2-3-54-14(27)7-41;;;;;;;;;;;;;;;;;/h2-3,9-53H,4-8H2,1H3;;;;;;;;;;;;;;;;;/q-1;;;;;;;;;;;;;;;;;/t9?,10?,11?,12?,13?,14?,15?,16?,17-,18-,19-,20-,21?,22?,23?,24?,25?,26?,27-,28-,29?,30?,31?,32-,33-,34-,35+,36-;;;;;;;;;;;;;;;;;/m0................./s1. The van der Waals surface area contributed by atoms with Crippen LogP contribution < -0.4 is 0 Å². The Morgan fingerprint density at radius 3 is 1.16 bits per heavy atom. The minimum absolute atomic E-state index is 0. The van der Waals surface area contributed by atoms with Crippen molar-refractivity contribution in [3.8, 4) is 0 Å².